The number of nitrogens with one attached hydrogen (secondary N) is 2. The molecule has 0 spiro atoms. The molecule has 5 nitrogen and oxygen atoms in total. The van der Waals surface area contributed by atoms with Crippen molar-refractivity contribution in [3.63, 3.8) is 0 Å². The van der Waals surface area contributed by atoms with Crippen LogP contribution in [0.5, 0.6) is 0 Å². The van der Waals surface area contributed by atoms with Gasteiger partial charge in [0.05, 0.1) is 5.56 Å². The lowest BCUT2D eigenvalue weighted by molar-refractivity contribution is -0.114. The molecule has 0 saturated carbocycles. The van der Waals surface area contributed by atoms with Gasteiger partial charge < -0.3 is 10.6 Å². The van der Waals surface area contributed by atoms with Crippen LogP contribution in [0.4, 0.5) is 15.8 Å². The maximum absolute atomic E-state index is 13.8. The van der Waals surface area contributed by atoms with Crippen molar-refractivity contribution in [3.8, 4) is 0 Å². The molecule has 0 fully saturated rings. The SMILES string of the molecule is CC(=O)Nc1ccc(F)c(C(=O)Nc2ccc([S@@](C)=O)cc2)c1. The summed E-state index contributed by atoms with van der Waals surface area (Å²) in [5.74, 6) is -1.64. The van der Waals surface area contributed by atoms with E-state index >= 15 is 0 Å². The minimum Gasteiger partial charge on any atom is -0.326 e. The topological polar surface area (TPSA) is 75.3 Å². The van der Waals surface area contributed by atoms with Gasteiger partial charge in [-0.1, -0.05) is 0 Å². The van der Waals surface area contributed by atoms with Crippen LogP contribution in [0.1, 0.15) is 17.3 Å². The van der Waals surface area contributed by atoms with Crippen LogP contribution < -0.4 is 10.6 Å². The average molecular weight is 334 g/mol. The lowest BCUT2D eigenvalue weighted by Crippen LogP contribution is -2.15. The smallest absolute Gasteiger partial charge is 0.258 e. The van der Waals surface area contributed by atoms with Crippen LogP contribution in [0.25, 0.3) is 0 Å². The summed E-state index contributed by atoms with van der Waals surface area (Å²) in [6.45, 7) is 1.32. The molecule has 0 unspecified atom stereocenters. The van der Waals surface area contributed by atoms with E-state index < -0.39 is 22.5 Å². The fraction of sp³-hybridized carbons (Fsp3) is 0.125. The number of carbonyl (C=O) groups is 2. The lowest BCUT2D eigenvalue weighted by Gasteiger charge is -2.09. The van der Waals surface area contributed by atoms with Crippen molar-refractivity contribution in [1.82, 2.24) is 0 Å². The first-order chi connectivity index (χ1) is 10.9. The molecule has 2 rings (SSSR count). The number of rotatable bonds is 4. The third-order valence-corrected chi connectivity index (χ3v) is 3.91. The first-order valence-corrected chi connectivity index (χ1v) is 8.24. The molecule has 2 amide bonds. The first kappa shape index (κ1) is 16.8. The van der Waals surface area contributed by atoms with Gasteiger partial charge >= 0.3 is 0 Å². The van der Waals surface area contributed by atoms with Crippen LogP contribution in [0.3, 0.4) is 0 Å². The van der Waals surface area contributed by atoms with E-state index in [4.69, 9.17) is 0 Å². The summed E-state index contributed by atoms with van der Waals surface area (Å²) in [7, 11) is -1.11. The Kier molecular flexibility index (Phi) is 5.23. The Morgan fingerprint density at radius 3 is 2.17 bits per heavy atom. The van der Waals surface area contributed by atoms with E-state index in [9.17, 15) is 18.2 Å². The van der Waals surface area contributed by atoms with Crippen molar-refractivity contribution in [1.29, 1.82) is 0 Å². The van der Waals surface area contributed by atoms with Gasteiger partial charge in [0, 0.05) is 40.2 Å². The van der Waals surface area contributed by atoms with E-state index in [1.165, 1.54) is 19.1 Å². The predicted molar refractivity (Wildman–Crippen MR) is 87.4 cm³/mol. The third-order valence-electron chi connectivity index (χ3n) is 2.98. The predicted octanol–water partition coefficient (Wildman–Crippen LogP) is 2.77. The molecule has 0 aliphatic rings. The molecule has 120 valence electrons. The summed E-state index contributed by atoms with van der Waals surface area (Å²) >= 11 is 0. The molecule has 7 heteroatoms. The van der Waals surface area contributed by atoms with Gasteiger partial charge in [0.2, 0.25) is 5.91 Å². The van der Waals surface area contributed by atoms with Gasteiger partial charge in [-0.25, -0.2) is 4.39 Å². The Morgan fingerprint density at radius 1 is 1.00 bits per heavy atom. The van der Waals surface area contributed by atoms with E-state index in [2.05, 4.69) is 10.6 Å². The number of benzene rings is 2. The van der Waals surface area contributed by atoms with Crippen LogP contribution in [-0.4, -0.2) is 22.3 Å². The van der Waals surface area contributed by atoms with Gasteiger partial charge in [0.25, 0.3) is 5.91 Å². The van der Waals surface area contributed by atoms with E-state index in [-0.39, 0.29) is 11.5 Å². The monoisotopic (exact) mass is 334 g/mol. The number of anilines is 2. The summed E-state index contributed by atoms with van der Waals surface area (Å²) in [6, 6.07) is 10.2. The van der Waals surface area contributed by atoms with Gasteiger partial charge in [0.1, 0.15) is 5.82 Å². The highest BCUT2D eigenvalue weighted by atomic mass is 32.2. The number of hydrogen-bond donors (Lipinski definition) is 2. The van der Waals surface area contributed by atoms with Crippen molar-refractivity contribution < 1.29 is 18.2 Å². The highest BCUT2D eigenvalue weighted by molar-refractivity contribution is 7.84. The van der Waals surface area contributed by atoms with Crippen molar-refractivity contribution in [3.05, 3.63) is 53.8 Å². The minimum absolute atomic E-state index is 0.181. The molecule has 0 bridgehead atoms. The summed E-state index contributed by atoms with van der Waals surface area (Å²) in [5, 5.41) is 5.05. The highest BCUT2D eigenvalue weighted by Gasteiger charge is 2.13. The highest BCUT2D eigenvalue weighted by Crippen LogP contribution is 2.18. The summed E-state index contributed by atoms with van der Waals surface area (Å²) in [6.07, 6.45) is 1.55. The summed E-state index contributed by atoms with van der Waals surface area (Å²) in [5.41, 5.74) is 0.605. The van der Waals surface area contributed by atoms with Gasteiger partial charge in [-0.3, -0.25) is 13.8 Å². The molecule has 0 aliphatic heterocycles. The van der Waals surface area contributed by atoms with E-state index in [1.807, 2.05) is 0 Å². The average Bonchev–Trinajstić information content (AvgIpc) is 2.49. The van der Waals surface area contributed by atoms with Gasteiger partial charge in [-0.2, -0.15) is 0 Å². The second-order valence-electron chi connectivity index (χ2n) is 4.81. The first-order valence-electron chi connectivity index (χ1n) is 6.69. The lowest BCUT2D eigenvalue weighted by atomic mass is 10.1. The summed E-state index contributed by atoms with van der Waals surface area (Å²) in [4.78, 5) is 23.8. The Bertz CT molecular complexity index is 775. The zero-order valence-corrected chi connectivity index (χ0v) is 13.4. The molecule has 0 radical (unpaired) electrons. The van der Waals surface area contributed by atoms with Crippen LogP contribution in [-0.2, 0) is 15.6 Å². The van der Waals surface area contributed by atoms with E-state index in [0.717, 1.165) is 6.07 Å². The molecule has 23 heavy (non-hydrogen) atoms. The summed E-state index contributed by atoms with van der Waals surface area (Å²) < 4.78 is 25.1. The molecular weight excluding hydrogens is 319 g/mol. The third kappa shape index (κ3) is 4.46. The molecule has 0 saturated heterocycles. The van der Waals surface area contributed by atoms with Crippen LogP contribution >= 0.6 is 0 Å². The maximum Gasteiger partial charge on any atom is 0.258 e. The molecule has 2 aromatic rings. The number of hydrogen-bond acceptors (Lipinski definition) is 3. The van der Waals surface area contributed by atoms with Crippen LogP contribution in [0, 0.1) is 5.82 Å². The van der Waals surface area contributed by atoms with Crippen LogP contribution in [0.2, 0.25) is 0 Å². The Balaban J connectivity index is 2.19. The van der Waals surface area contributed by atoms with Gasteiger partial charge in [-0.05, 0) is 42.5 Å². The molecule has 0 aromatic heterocycles. The zero-order chi connectivity index (χ0) is 17.0. The van der Waals surface area contributed by atoms with Crippen molar-refractivity contribution >= 4 is 34.0 Å². The van der Waals surface area contributed by atoms with Gasteiger partial charge in [0.15, 0.2) is 0 Å². The fourth-order valence-electron chi connectivity index (χ4n) is 1.91. The minimum atomic E-state index is -1.11. The number of amides is 2. The van der Waals surface area contributed by atoms with Crippen LogP contribution in [0.15, 0.2) is 47.4 Å². The van der Waals surface area contributed by atoms with E-state index in [1.54, 1.807) is 30.5 Å². The van der Waals surface area contributed by atoms with E-state index in [0.29, 0.717) is 16.3 Å². The number of halogens is 1. The largest absolute Gasteiger partial charge is 0.326 e. The maximum atomic E-state index is 13.8. The molecule has 2 N–H and O–H groups in total. The van der Waals surface area contributed by atoms with Gasteiger partial charge in [-0.15, -0.1) is 0 Å². The second kappa shape index (κ2) is 7.15. The quantitative estimate of drug-likeness (QED) is 0.903. The standard InChI is InChI=1S/C16H15FN2O3S/c1-10(20)18-12-5-8-15(17)14(9-12)16(21)19-11-3-6-13(7-4-11)23(2)22/h3-9H,1-2H3,(H,18,20)(H,19,21)/t23-/m1/s1. The van der Waals surface area contributed by atoms with Crippen molar-refractivity contribution in [2.45, 2.75) is 11.8 Å². The van der Waals surface area contributed by atoms with Crippen molar-refractivity contribution in [2.75, 3.05) is 16.9 Å². The van der Waals surface area contributed by atoms with Crippen molar-refractivity contribution in [2.24, 2.45) is 0 Å². The Labute approximate surface area is 135 Å². The molecule has 1 atom stereocenters. The normalized spacial score (nSPS) is 11.6. The zero-order valence-electron chi connectivity index (χ0n) is 12.6. The molecule has 0 heterocycles. The Morgan fingerprint density at radius 2 is 1.61 bits per heavy atom. The fourth-order valence-corrected chi connectivity index (χ4v) is 2.43. The molecule has 0 aliphatic carbocycles. The molecular formula is C16H15FN2O3S. The molecule has 2 aromatic carbocycles. The Hall–Kier alpha value is -2.54. The number of carbonyl (C=O) groups excluding carboxylic acids is 2. The second-order valence-corrected chi connectivity index (χ2v) is 6.19.